The molecule has 2 N–H and O–H groups in total. The van der Waals surface area contributed by atoms with E-state index in [-0.39, 0.29) is 4.90 Å². The summed E-state index contributed by atoms with van der Waals surface area (Å²) in [5.74, 6) is 0.438. The number of morpholine rings is 1. The van der Waals surface area contributed by atoms with Gasteiger partial charge in [0.25, 0.3) is 0 Å². The van der Waals surface area contributed by atoms with Crippen LogP contribution in [0.25, 0.3) is 0 Å². The fourth-order valence-corrected chi connectivity index (χ4v) is 3.95. The quantitative estimate of drug-likeness (QED) is 0.750. The number of sulfonamides is 1. The molecule has 0 spiro atoms. The van der Waals surface area contributed by atoms with Crippen molar-refractivity contribution in [2.24, 2.45) is 5.92 Å². The molecule has 0 radical (unpaired) electrons. The summed E-state index contributed by atoms with van der Waals surface area (Å²) in [6, 6.07) is 4.57. The summed E-state index contributed by atoms with van der Waals surface area (Å²) in [7, 11) is -3.57. The number of hydrogen-bond acceptors (Lipinski definition) is 4. The fraction of sp³-hybridized carbons (Fsp3) is 0.533. The Bertz CT molecular complexity index is 689. The van der Waals surface area contributed by atoms with Gasteiger partial charge in [0, 0.05) is 19.6 Å². The van der Waals surface area contributed by atoms with Crippen LogP contribution in [0.2, 0.25) is 5.02 Å². The Hall–Kier alpha value is -0.930. The van der Waals surface area contributed by atoms with Crippen LogP contribution in [0.4, 0.5) is 5.69 Å². The molecule has 1 fully saturated rings. The van der Waals surface area contributed by atoms with Crippen molar-refractivity contribution in [1.82, 2.24) is 9.62 Å². The van der Waals surface area contributed by atoms with E-state index in [0.29, 0.717) is 48.0 Å². The second-order valence-electron chi connectivity index (χ2n) is 5.89. The summed E-state index contributed by atoms with van der Waals surface area (Å²) in [6.07, 6.45) is 0. The number of nitrogens with zero attached hydrogens (tertiary/aromatic N) is 1. The zero-order chi connectivity index (χ0) is 17.7. The molecule has 134 valence electrons. The van der Waals surface area contributed by atoms with E-state index >= 15 is 0 Å². The van der Waals surface area contributed by atoms with Crippen LogP contribution >= 0.6 is 23.8 Å². The summed E-state index contributed by atoms with van der Waals surface area (Å²) >= 11 is 11.4. The second kappa shape index (κ2) is 8.44. The lowest BCUT2D eigenvalue weighted by atomic mass is 10.2. The van der Waals surface area contributed by atoms with Gasteiger partial charge in [-0.15, -0.1) is 0 Å². The minimum absolute atomic E-state index is 0.183. The van der Waals surface area contributed by atoms with Gasteiger partial charge in [-0.3, -0.25) is 0 Å². The third-order valence-electron chi connectivity index (χ3n) is 3.46. The van der Waals surface area contributed by atoms with E-state index in [1.54, 1.807) is 6.07 Å². The first kappa shape index (κ1) is 19.4. The molecule has 0 amide bonds. The SMILES string of the molecule is CC(C)CNC(=S)Nc1cc(S(=O)(=O)N2CCOCC2)ccc1Cl. The predicted octanol–water partition coefficient (Wildman–Crippen LogP) is 2.30. The van der Waals surface area contributed by atoms with Crippen molar-refractivity contribution in [3.05, 3.63) is 23.2 Å². The summed E-state index contributed by atoms with van der Waals surface area (Å²) in [4.78, 5) is 0.183. The first-order chi connectivity index (χ1) is 11.3. The van der Waals surface area contributed by atoms with Crippen molar-refractivity contribution in [1.29, 1.82) is 0 Å². The molecule has 1 saturated heterocycles. The van der Waals surface area contributed by atoms with Crippen molar-refractivity contribution >= 4 is 44.6 Å². The van der Waals surface area contributed by atoms with Gasteiger partial charge in [-0.2, -0.15) is 4.31 Å². The molecule has 1 aromatic rings. The maximum Gasteiger partial charge on any atom is 0.243 e. The molecular weight excluding hydrogens is 370 g/mol. The molecule has 0 aliphatic carbocycles. The van der Waals surface area contributed by atoms with Crippen LogP contribution in [0.5, 0.6) is 0 Å². The number of halogens is 1. The smallest absolute Gasteiger partial charge is 0.243 e. The van der Waals surface area contributed by atoms with Crippen molar-refractivity contribution in [3.63, 3.8) is 0 Å². The van der Waals surface area contributed by atoms with Gasteiger partial charge in [-0.05, 0) is 36.3 Å². The van der Waals surface area contributed by atoms with Crippen molar-refractivity contribution in [2.45, 2.75) is 18.7 Å². The van der Waals surface area contributed by atoms with Gasteiger partial charge in [0.05, 0.1) is 28.8 Å². The minimum Gasteiger partial charge on any atom is -0.379 e. The van der Waals surface area contributed by atoms with Crippen LogP contribution < -0.4 is 10.6 Å². The highest BCUT2D eigenvalue weighted by Gasteiger charge is 2.26. The largest absolute Gasteiger partial charge is 0.379 e. The summed E-state index contributed by atoms with van der Waals surface area (Å²) in [5.41, 5.74) is 0.465. The highest BCUT2D eigenvalue weighted by Crippen LogP contribution is 2.27. The molecule has 1 heterocycles. The molecule has 2 rings (SSSR count). The van der Waals surface area contributed by atoms with Crippen molar-refractivity contribution in [2.75, 3.05) is 38.2 Å². The molecule has 1 aromatic carbocycles. The maximum atomic E-state index is 12.7. The molecule has 0 unspecified atom stereocenters. The molecule has 0 aromatic heterocycles. The van der Waals surface area contributed by atoms with E-state index < -0.39 is 10.0 Å². The van der Waals surface area contributed by atoms with Gasteiger partial charge in [-0.1, -0.05) is 25.4 Å². The molecule has 1 aliphatic rings. The molecule has 0 bridgehead atoms. The average Bonchev–Trinajstić information content (AvgIpc) is 2.55. The standard InChI is InChI=1S/C15H22ClN3O3S2/c1-11(2)10-17-15(23)18-14-9-12(3-4-13(14)16)24(20,21)19-5-7-22-8-6-19/h3-4,9,11H,5-8,10H2,1-2H3,(H2,17,18,23). The zero-order valence-corrected chi connectivity index (χ0v) is 16.1. The van der Waals surface area contributed by atoms with Crippen LogP contribution in [0.1, 0.15) is 13.8 Å². The predicted molar refractivity (Wildman–Crippen MR) is 100 cm³/mol. The molecule has 6 nitrogen and oxygen atoms in total. The summed E-state index contributed by atoms with van der Waals surface area (Å²) in [6.45, 7) is 6.36. The fourth-order valence-electron chi connectivity index (χ4n) is 2.16. The Balaban J connectivity index is 2.17. The van der Waals surface area contributed by atoms with Crippen LogP contribution in [0, 0.1) is 5.92 Å². The number of anilines is 1. The third-order valence-corrected chi connectivity index (χ3v) is 5.94. The van der Waals surface area contributed by atoms with Gasteiger partial charge in [0.2, 0.25) is 10.0 Å². The Kier molecular flexibility index (Phi) is 6.82. The van der Waals surface area contributed by atoms with Crippen LogP contribution in [0.15, 0.2) is 23.1 Å². The number of thiocarbonyl (C=S) groups is 1. The van der Waals surface area contributed by atoms with E-state index in [1.807, 2.05) is 0 Å². The Morgan fingerprint density at radius 2 is 2.04 bits per heavy atom. The monoisotopic (exact) mass is 391 g/mol. The van der Waals surface area contributed by atoms with Gasteiger partial charge >= 0.3 is 0 Å². The molecular formula is C15H22ClN3O3S2. The van der Waals surface area contributed by atoms with E-state index in [2.05, 4.69) is 24.5 Å². The van der Waals surface area contributed by atoms with Crippen LogP contribution in [0.3, 0.4) is 0 Å². The van der Waals surface area contributed by atoms with E-state index in [4.69, 9.17) is 28.6 Å². The Morgan fingerprint density at radius 1 is 1.38 bits per heavy atom. The Labute approximate surface area is 153 Å². The van der Waals surface area contributed by atoms with E-state index in [9.17, 15) is 8.42 Å². The molecule has 9 heteroatoms. The first-order valence-electron chi connectivity index (χ1n) is 7.73. The van der Waals surface area contributed by atoms with Crippen molar-refractivity contribution < 1.29 is 13.2 Å². The second-order valence-corrected chi connectivity index (χ2v) is 8.64. The van der Waals surface area contributed by atoms with Gasteiger partial charge in [0.1, 0.15) is 0 Å². The number of benzene rings is 1. The lowest BCUT2D eigenvalue weighted by Crippen LogP contribution is -2.40. The topological polar surface area (TPSA) is 70.7 Å². The normalized spacial score (nSPS) is 16.2. The van der Waals surface area contributed by atoms with Crippen LogP contribution in [-0.4, -0.2) is 50.7 Å². The summed E-state index contributed by atoms with van der Waals surface area (Å²) in [5, 5.41) is 6.84. The zero-order valence-electron chi connectivity index (χ0n) is 13.7. The molecule has 0 atom stereocenters. The molecule has 1 aliphatic heterocycles. The Morgan fingerprint density at radius 3 is 2.67 bits per heavy atom. The lowest BCUT2D eigenvalue weighted by Gasteiger charge is -2.26. The highest BCUT2D eigenvalue weighted by molar-refractivity contribution is 7.89. The molecule has 0 saturated carbocycles. The molecule has 24 heavy (non-hydrogen) atoms. The van der Waals surface area contributed by atoms with Crippen molar-refractivity contribution in [3.8, 4) is 0 Å². The highest BCUT2D eigenvalue weighted by atomic mass is 35.5. The third kappa shape index (κ3) is 5.03. The van der Waals surface area contributed by atoms with Crippen LogP contribution in [-0.2, 0) is 14.8 Å². The minimum atomic E-state index is -3.57. The summed E-state index contributed by atoms with van der Waals surface area (Å²) < 4.78 is 32.0. The van der Waals surface area contributed by atoms with Gasteiger partial charge in [-0.25, -0.2) is 8.42 Å². The maximum absolute atomic E-state index is 12.7. The number of nitrogens with one attached hydrogen (secondary N) is 2. The van der Waals surface area contributed by atoms with E-state index in [1.165, 1.54) is 16.4 Å². The van der Waals surface area contributed by atoms with Gasteiger partial charge in [0.15, 0.2) is 5.11 Å². The number of rotatable bonds is 5. The number of ether oxygens (including phenoxy) is 1. The van der Waals surface area contributed by atoms with E-state index in [0.717, 1.165) is 6.54 Å². The number of hydrogen-bond donors (Lipinski definition) is 2. The first-order valence-corrected chi connectivity index (χ1v) is 9.95. The lowest BCUT2D eigenvalue weighted by molar-refractivity contribution is 0.0730. The van der Waals surface area contributed by atoms with Gasteiger partial charge < -0.3 is 15.4 Å². The average molecular weight is 392 g/mol.